The SMILES string of the molecule is COC(=O)c1ccc([N+](=O)[O-])c(OCCCC(C)C)c1. The highest BCUT2D eigenvalue weighted by Crippen LogP contribution is 2.28. The van der Waals surface area contributed by atoms with Crippen molar-refractivity contribution in [2.75, 3.05) is 13.7 Å². The third kappa shape index (κ3) is 4.53. The van der Waals surface area contributed by atoms with Gasteiger partial charge < -0.3 is 9.47 Å². The van der Waals surface area contributed by atoms with Gasteiger partial charge in [-0.05, 0) is 24.8 Å². The molecule has 0 saturated heterocycles. The maximum absolute atomic E-state index is 11.4. The Balaban J connectivity index is 2.83. The summed E-state index contributed by atoms with van der Waals surface area (Å²) in [5.41, 5.74) is 0.0826. The van der Waals surface area contributed by atoms with E-state index in [0.717, 1.165) is 12.8 Å². The molecule has 1 aromatic rings. The van der Waals surface area contributed by atoms with E-state index in [1.54, 1.807) is 0 Å². The average Bonchev–Trinajstić information content (AvgIpc) is 2.42. The zero-order valence-corrected chi connectivity index (χ0v) is 11.9. The average molecular weight is 281 g/mol. The Kier molecular flexibility index (Phi) is 5.96. The molecule has 6 heteroatoms. The van der Waals surface area contributed by atoms with Gasteiger partial charge in [0.15, 0.2) is 5.75 Å². The molecule has 0 aromatic heterocycles. The van der Waals surface area contributed by atoms with Crippen molar-refractivity contribution in [2.24, 2.45) is 5.92 Å². The number of rotatable bonds is 7. The fourth-order valence-electron chi connectivity index (χ4n) is 1.70. The zero-order valence-electron chi connectivity index (χ0n) is 11.9. The summed E-state index contributed by atoms with van der Waals surface area (Å²) in [5.74, 6) is 0.101. The Morgan fingerprint density at radius 2 is 2.10 bits per heavy atom. The maximum atomic E-state index is 11.4. The summed E-state index contributed by atoms with van der Waals surface area (Å²) in [4.78, 5) is 21.8. The van der Waals surface area contributed by atoms with E-state index in [0.29, 0.717) is 12.5 Å². The summed E-state index contributed by atoms with van der Waals surface area (Å²) in [7, 11) is 1.26. The number of esters is 1. The lowest BCUT2D eigenvalue weighted by atomic mass is 10.1. The maximum Gasteiger partial charge on any atom is 0.337 e. The molecule has 0 amide bonds. The molecule has 0 aliphatic rings. The highest BCUT2D eigenvalue weighted by Gasteiger charge is 2.18. The number of hydrogen-bond donors (Lipinski definition) is 0. The first-order valence-electron chi connectivity index (χ1n) is 6.45. The molecular weight excluding hydrogens is 262 g/mol. The third-order valence-corrected chi connectivity index (χ3v) is 2.76. The summed E-state index contributed by atoms with van der Waals surface area (Å²) in [6.45, 7) is 4.57. The highest BCUT2D eigenvalue weighted by molar-refractivity contribution is 5.90. The van der Waals surface area contributed by atoms with Crippen molar-refractivity contribution in [3.8, 4) is 5.75 Å². The van der Waals surface area contributed by atoms with Crippen LogP contribution in [-0.2, 0) is 4.74 Å². The molecule has 0 unspecified atom stereocenters. The predicted octanol–water partition coefficient (Wildman–Crippen LogP) is 3.20. The van der Waals surface area contributed by atoms with E-state index in [9.17, 15) is 14.9 Å². The molecule has 110 valence electrons. The van der Waals surface area contributed by atoms with E-state index in [1.165, 1.54) is 25.3 Å². The molecule has 20 heavy (non-hydrogen) atoms. The van der Waals surface area contributed by atoms with Crippen LogP contribution in [0.2, 0.25) is 0 Å². The van der Waals surface area contributed by atoms with Crippen molar-refractivity contribution in [2.45, 2.75) is 26.7 Å². The number of hydrogen-bond acceptors (Lipinski definition) is 5. The standard InChI is InChI=1S/C14H19NO5/c1-10(2)5-4-8-20-13-9-11(14(16)19-3)6-7-12(13)15(17)18/h6-7,9-10H,4-5,8H2,1-3H3. The van der Waals surface area contributed by atoms with Gasteiger partial charge in [-0.25, -0.2) is 4.79 Å². The van der Waals surface area contributed by atoms with Gasteiger partial charge in [0.05, 0.1) is 24.2 Å². The van der Waals surface area contributed by atoms with Gasteiger partial charge in [-0.3, -0.25) is 10.1 Å². The van der Waals surface area contributed by atoms with Gasteiger partial charge in [0, 0.05) is 12.1 Å². The highest BCUT2D eigenvalue weighted by atomic mass is 16.6. The van der Waals surface area contributed by atoms with Crippen LogP contribution in [0.5, 0.6) is 5.75 Å². The Bertz CT molecular complexity index is 484. The molecule has 0 bridgehead atoms. The number of nitro benzene ring substituents is 1. The van der Waals surface area contributed by atoms with Crippen molar-refractivity contribution in [1.82, 2.24) is 0 Å². The molecule has 1 rings (SSSR count). The smallest absolute Gasteiger partial charge is 0.337 e. The lowest BCUT2D eigenvalue weighted by Crippen LogP contribution is -2.05. The topological polar surface area (TPSA) is 78.7 Å². The molecule has 6 nitrogen and oxygen atoms in total. The molecular formula is C14H19NO5. The van der Waals surface area contributed by atoms with Crippen LogP contribution in [0.25, 0.3) is 0 Å². The number of carbonyl (C=O) groups is 1. The second-order valence-corrected chi connectivity index (χ2v) is 4.82. The number of benzene rings is 1. The largest absolute Gasteiger partial charge is 0.487 e. The molecule has 0 heterocycles. The van der Waals surface area contributed by atoms with Crippen LogP contribution in [-0.4, -0.2) is 24.6 Å². The van der Waals surface area contributed by atoms with E-state index >= 15 is 0 Å². The Hall–Kier alpha value is -2.11. The molecule has 0 atom stereocenters. The Morgan fingerprint density at radius 3 is 2.65 bits per heavy atom. The first-order chi connectivity index (χ1) is 9.45. The lowest BCUT2D eigenvalue weighted by Gasteiger charge is -2.09. The second-order valence-electron chi connectivity index (χ2n) is 4.82. The molecule has 0 aliphatic carbocycles. The Morgan fingerprint density at radius 1 is 1.40 bits per heavy atom. The van der Waals surface area contributed by atoms with Crippen LogP contribution >= 0.6 is 0 Å². The van der Waals surface area contributed by atoms with Gasteiger partial charge in [-0.2, -0.15) is 0 Å². The van der Waals surface area contributed by atoms with Crippen LogP contribution in [0.1, 0.15) is 37.0 Å². The molecule has 0 radical (unpaired) electrons. The minimum atomic E-state index is -0.549. The van der Waals surface area contributed by atoms with E-state index in [-0.39, 0.29) is 17.0 Å². The molecule has 0 saturated carbocycles. The lowest BCUT2D eigenvalue weighted by molar-refractivity contribution is -0.385. The van der Waals surface area contributed by atoms with Crippen LogP contribution in [0.3, 0.4) is 0 Å². The van der Waals surface area contributed by atoms with Crippen molar-refractivity contribution in [3.63, 3.8) is 0 Å². The number of ether oxygens (including phenoxy) is 2. The van der Waals surface area contributed by atoms with E-state index in [2.05, 4.69) is 18.6 Å². The summed E-state index contributed by atoms with van der Waals surface area (Å²) >= 11 is 0. The molecule has 0 aliphatic heterocycles. The number of nitro groups is 1. The van der Waals surface area contributed by atoms with Crippen molar-refractivity contribution >= 4 is 11.7 Å². The van der Waals surface area contributed by atoms with Gasteiger partial charge in [0.1, 0.15) is 0 Å². The van der Waals surface area contributed by atoms with Crippen LogP contribution < -0.4 is 4.74 Å². The van der Waals surface area contributed by atoms with E-state index < -0.39 is 10.9 Å². The van der Waals surface area contributed by atoms with Gasteiger partial charge >= 0.3 is 11.7 Å². The van der Waals surface area contributed by atoms with Gasteiger partial charge in [-0.1, -0.05) is 13.8 Å². The third-order valence-electron chi connectivity index (χ3n) is 2.76. The zero-order chi connectivity index (χ0) is 15.1. The van der Waals surface area contributed by atoms with Crippen LogP contribution in [0.4, 0.5) is 5.69 Å². The number of methoxy groups -OCH3 is 1. The molecule has 1 aromatic carbocycles. The molecule has 0 spiro atoms. The number of carbonyl (C=O) groups excluding carboxylic acids is 1. The Labute approximate surface area is 117 Å². The molecule has 0 N–H and O–H groups in total. The summed E-state index contributed by atoms with van der Waals surface area (Å²) in [6.07, 6.45) is 1.78. The summed E-state index contributed by atoms with van der Waals surface area (Å²) in [5, 5.41) is 10.9. The first kappa shape index (κ1) is 15.9. The normalized spacial score (nSPS) is 10.4. The quantitative estimate of drug-likeness (QED) is 0.332. The van der Waals surface area contributed by atoms with Gasteiger partial charge in [0.25, 0.3) is 0 Å². The van der Waals surface area contributed by atoms with E-state index in [4.69, 9.17) is 4.74 Å². The molecule has 0 fully saturated rings. The van der Waals surface area contributed by atoms with Crippen molar-refractivity contribution < 1.29 is 19.2 Å². The minimum absolute atomic E-state index is 0.0988. The first-order valence-corrected chi connectivity index (χ1v) is 6.45. The summed E-state index contributed by atoms with van der Waals surface area (Å²) in [6, 6.07) is 3.95. The van der Waals surface area contributed by atoms with Crippen molar-refractivity contribution in [1.29, 1.82) is 0 Å². The number of nitrogens with zero attached hydrogens (tertiary/aromatic N) is 1. The predicted molar refractivity (Wildman–Crippen MR) is 74.0 cm³/mol. The van der Waals surface area contributed by atoms with E-state index in [1.807, 2.05) is 0 Å². The fourth-order valence-corrected chi connectivity index (χ4v) is 1.70. The monoisotopic (exact) mass is 281 g/mol. The summed E-state index contributed by atoms with van der Waals surface area (Å²) < 4.78 is 10.0. The minimum Gasteiger partial charge on any atom is -0.487 e. The van der Waals surface area contributed by atoms with Gasteiger partial charge in [0.2, 0.25) is 0 Å². The second kappa shape index (κ2) is 7.47. The van der Waals surface area contributed by atoms with Gasteiger partial charge in [-0.15, -0.1) is 0 Å². The van der Waals surface area contributed by atoms with Crippen molar-refractivity contribution in [3.05, 3.63) is 33.9 Å². The fraction of sp³-hybridized carbons (Fsp3) is 0.500. The van der Waals surface area contributed by atoms with Crippen LogP contribution in [0, 0.1) is 16.0 Å². The van der Waals surface area contributed by atoms with Crippen LogP contribution in [0.15, 0.2) is 18.2 Å².